The molecule has 4 atom stereocenters. The van der Waals surface area contributed by atoms with Crippen molar-refractivity contribution in [2.75, 3.05) is 17.7 Å². The topological polar surface area (TPSA) is 114 Å². The first-order valence-corrected chi connectivity index (χ1v) is 8.03. The summed E-state index contributed by atoms with van der Waals surface area (Å²) in [5.74, 6) is 0.983. The summed E-state index contributed by atoms with van der Waals surface area (Å²) in [7, 11) is 0. The van der Waals surface area contributed by atoms with E-state index < -0.39 is 24.6 Å². The van der Waals surface area contributed by atoms with E-state index in [4.69, 9.17) is 19.9 Å². The molecule has 2 N–H and O–H groups in total. The summed E-state index contributed by atoms with van der Waals surface area (Å²) in [6.07, 6.45) is 2.46. The number of hydrogen-bond donors (Lipinski definition) is 1. The molecular weight excluding hydrogens is 310 g/mol. The fraction of sp³-hybridized carbons (Fsp3) is 0.500. The summed E-state index contributed by atoms with van der Waals surface area (Å²) >= 11 is 1.61. The first kappa shape index (κ1) is 13.6. The Hall–Kier alpha value is -2.07. The molecule has 0 bridgehead atoms. The van der Waals surface area contributed by atoms with E-state index in [2.05, 4.69) is 15.0 Å². The number of carbonyl (C=O) groups is 1. The van der Waals surface area contributed by atoms with Gasteiger partial charge in [-0.2, -0.15) is 11.8 Å². The predicted molar refractivity (Wildman–Crippen MR) is 77.2 cm³/mol. The minimum atomic E-state index is -0.673. The van der Waals surface area contributed by atoms with Crippen molar-refractivity contribution in [3.8, 4) is 0 Å². The molecule has 10 heteroatoms. The number of carbonyl (C=O) groups excluding carboxylic acids is 1. The third-order valence-electron chi connectivity index (χ3n) is 3.74. The van der Waals surface area contributed by atoms with E-state index in [1.807, 2.05) is 6.26 Å². The van der Waals surface area contributed by atoms with Crippen LogP contribution in [0.2, 0.25) is 0 Å². The first-order valence-electron chi connectivity index (χ1n) is 6.63. The highest BCUT2D eigenvalue weighted by atomic mass is 32.2. The molecule has 2 saturated heterocycles. The largest absolute Gasteiger partial charge is 0.509 e. The van der Waals surface area contributed by atoms with E-state index in [1.54, 1.807) is 22.7 Å². The third kappa shape index (κ3) is 1.91. The highest BCUT2D eigenvalue weighted by Gasteiger charge is 2.55. The number of ether oxygens (including phenoxy) is 3. The van der Waals surface area contributed by atoms with Crippen molar-refractivity contribution >= 4 is 34.9 Å². The maximum Gasteiger partial charge on any atom is 0.509 e. The van der Waals surface area contributed by atoms with Crippen molar-refractivity contribution in [2.24, 2.45) is 0 Å². The molecule has 22 heavy (non-hydrogen) atoms. The Morgan fingerprint density at radius 3 is 2.95 bits per heavy atom. The Balaban J connectivity index is 1.74. The van der Waals surface area contributed by atoms with Gasteiger partial charge < -0.3 is 19.9 Å². The predicted octanol–water partition coefficient (Wildman–Crippen LogP) is 0.573. The van der Waals surface area contributed by atoms with Crippen LogP contribution < -0.4 is 5.73 Å². The molecule has 0 aromatic carbocycles. The second kappa shape index (κ2) is 4.99. The van der Waals surface area contributed by atoms with Gasteiger partial charge in [0.2, 0.25) is 0 Å². The lowest BCUT2D eigenvalue weighted by Crippen LogP contribution is -2.30. The Labute approximate surface area is 129 Å². The third-order valence-corrected chi connectivity index (χ3v) is 4.40. The van der Waals surface area contributed by atoms with Gasteiger partial charge in [-0.25, -0.2) is 19.7 Å². The fourth-order valence-electron chi connectivity index (χ4n) is 2.80. The number of nitrogens with two attached hydrogens (primary N) is 1. The summed E-state index contributed by atoms with van der Waals surface area (Å²) < 4.78 is 18.2. The minimum Gasteiger partial charge on any atom is -0.424 e. The van der Waals surface area contributed by atoms with E-state index in [0.29, 0.717) is 22.7 Å². The SMILES string of the molecule is CSC[C@H]1O[C@@H](n2cnc3c(N)ncnc32)[C@H]2OC(=O)OC12. The summed E-state index contributed by atoms with van der Waals surface area (Å²) in [5, 5.41) is 0. The minimum absolute atomic E-state index is 0.243. The normalized spacial score (nSPS) is 30.3. The number of thioether (sulfide) groups is 1. The zero-order valence-corrected chi connectivity index (χ0v) is 12.4. The first-order chi connectivity index (χ1) is 10.7. The van der Waals surface area contributed by atoms with Crippen molar-refractivity contribution in [3.05, 3.63) is 12.7 Å². The number of hydrogen-bond acceptors (Lipinski definition) is 9. The van der Waals surface area contributed by atoms with Gasteiger partial charge in [-0.15, -0.1) is 0 Å². The second-order valence-corrected chi connectivity index (χ2v) is 5.93. The molecule has 2 aliphatic heterocycles. The average Bonchev–Trinajstić information content (AvgIpc) is 3.15. The molecule has 4 rings (SSSR count). The number of nitrogens with zero attached hydrogens (tertiary/aromatic N) is 4. The monoisotopic (exact) mass is 323 g/mol. The van der Waals surface area contributed by atoms with Gasteiger partial charge in [-0.05, 0) is 6.26 Å². The Kier molecular flexibility index (Phi) is 3.08. The summed E-state index contributed by atoms with van der Waals surface area (Å²) in [6.45, 7) is 0. The lowest BCUT2D eigenvalue weighted by atomic mass is 10.1. The molecule has 2 aromatic rings. The maximum absolute atomic E-state index is 11.5. The van der Waals surface area contributed by atoms with Crippen molar-refractivity contribution in [2.45, 2.75) is 24.5 Å². The van der Waals surface area contributed by atoms with Gasteiger partial charge >= 0.3 is 6.16 Å². The van der Waals surface area contributed by atoms with Crippen LogP contribution in [0.1, 0.15) is 6.23 Å². The van der Waals surface area contributed by atoms with E-state index in [-0.39, 0.29) is 6.10 Å². The zero-order valence-electron chi connectivity index (χ0n) is 11.6. The van der Waals surface area contributed by atoms with Crippen LogP contribution in [-0.2, 0) is 14.2 Å². The lowest BCUT2D eigenvalue weighted by molar-refractivity contribution is -0.0466. The van der Waals surface area contributed by atoms with E-state index in [0.717, 1.165) is 0 Å². The summed E-state index contributed by atoms with van der Waals surface area (Å²) in [5.41, 5.74) is 6.81. The molecule has 116 valence electrons. The van der Waals surface area contributed by atoms with Crippen LogP contribution >= 0.6 is 11.8 Å². The van der Waals surface area contributed by atoms with E-state index >= 15 is 0 Å². The molecule has 0 aliphatic carbocycles. The molecule has 0 spiro atoms. The highest BCUT2D eigenvalue weighted by molar-refractivity contribution is 7.98. The Morgan fingerprint density at radius 2 is 2.14 bits per heavy atom. The number of imidazole rings is 1. The van der Waals surface area contributed by atoms with Crippen LogP contribution in [-0.4, -0.2) is 56.0 Å². The van der Waals surface area contributed by atoms with Crippen molar-refractivity contribution in [1.82, 2.24) is 19.5 Å². The van der Waals surface area contributed by atoms with Gasteiger partial charge in [0, 0.05) is 5.75 Å². The highest BCUT2D eigenvalue weighted by Crippen LogP contribution is 2.39. The zero-order chi connectivity index (χ0) is 15.3. The Morgan fingerprint density at radius 1 is 1.32 bits per heavy atom. The quantitative estimate of drug-likeness (QED) is 0.809. The van der Waals surface area contributed by atoms with Gasteiger partial charge in [0.15, 0.2) is 29.9 Å². The molecule has 0 radical (unpaired) electrons. The van der Waals surface area contributed by atoms with Gasteiger partial charge in [0.1, 0.15) is 17.9 Å². The number of rotatable bonds is 3. The van der Waals surface area contributed by atoms with E-state index in [9.17, 15) is 4.79 Å². The van der Waals surface area contributed by atoms with E-state index in [1.165, 1.54) is 6.33 Å². The molecule has 2 fully saturated rings. The van der Waals surface area contributed by atoms with Crippen molar-refractivity contribution < 1.29 is 19.0 Å². The van der Waals surface area contributed by atoms with Crippen LogP contribution in [0.25, 0.3) is 11.2 Å². The number of fused-ring (bicyclic) bond motifs is 2. The smallest absolute Gasteiger partial charge is 0.424 e. The van der Waals surface area contributed by atoms with Crippen LogP contribution in [0.5, 0.6) is 0 Å². The van der Waals surface area contributed by atoms with Crippen LogP contribution in [0.3, 0.4) is 0 Å². The van der Waals surface area contributed by atoms with Gasteiger partial charge in [-0.1, -0.05) is 0 Å². The number of aromatic nitrogens is 4. The molecule has 9 nitrogen and oxygen atoms in total. The summed E-state index contributed by atoms with van der Waals surface area (Å²) in [4.78, 5) is 23.8. The molecule has 4 heterocycles. The van der Waals surface area contributed by atoms with Crippen molar-refractivity contribution in [1.29, 1.82) is 0 Å². The molecule has 1 unspecified atom stereocenters. The lowest BCUT2D eigenvalue weighted by Gasteiger charge is -2.17. The maximum atomic E-state index is 11.5. The van der Waals surface area contributed by atoms with Gasteiger partial charge in [-0.3, -0.25) is 4.57 Å². The van der Waals surface area contributed by atoms with Gasteiger partial charge in [0.25, 0.3) is 0 Å². The van der Waals surface area contributed by atoms with Crippen LogP contribution in [0.4, 0.5) is 10.6 Å². The molecule has 2 aliphatic rings. The molecule has 0 amide bonds. The molecule has 0 saturated carbocycles. The Bertz CT molecular complexity index is 737. The fourth-order valence-corrected chi connectivity index (χ4v) is 3.40. The number of anilines is 1. The standard InChI is InChI=1S/C12H13N5O4S/c1-22-2-5-7-8(21-12(18)20-7)11(19-5)17-4-16-6-9(13)14-3-15-10(6)17/h3-5,7-8,11H,2H2,1H3,(H2,13,14,15)/t5-,7?,8+,11-/m1/s1. The van der Waals surface area contributed by atoms with Crippen molar-refractivity contribution in [3.63, 3.8) is 0 Å². The average molecular weight is 323 g/mol. The second-order valence-electron chi connectivity index (χ2n) is 5.02. The number of nitrogen functional groups attached to an aromatic ring is 1. The molecule has 2 aromatic heterocycles. The van der Waals surface area contributed by atoms with Gasteiger partial charge in [0.05, 0.1) is 6.33 Å². The molecular formula is C12H13N5O4S. The summed E-state index contributed by atoms with van der Waals surface area (Å²) in [6, 6.07) is 0. The van der Waals surface area contributed by atoms with Crippen LogP contribution in [0.15, 0.2) is 12.7 Å². The van der Waals surface area contributed by atoms with Crippen LogP contribution in [0, 0.1) is 0 Å².